The van der Waals surface area contributed by atoms with Crippen molar-refractivity contribution in [2.45, 2.75) is 83.0 Å². The van der Waals surface area contributed by atoms with Gasteiger partial charge in [-0.3, -0.25) is 14.7 Å². The molecule has 3 unspecified atom stereocenters. The maximum Gasteiger partial charge on any atom is 0.410 e. The maximum absolute atomic E-state index is 13.2. The van der Waals surface area contributed by atoms with Crippen LogP contribution in [0.25, 0.3) is 5.57 Å². The van der Waals surface area contributed by atoms with Gasteiger partial charge >= 0.3 is 6.09 Å². The lowest BCUT2D eigenvalue weighted by molar-refractivity contribution is -0.124. The van der Waals surface area contributed by atoms with Crippen LogP contribution in [0.15, 0.2) is 67.0 Å². The summed E-state index contributed by atoms with van der Waals surface area (Å²) >= 11 is 6.70. The van der Waals surface area contributed by atoms with Crippen LogP contribution < -0.4 is 16.0 Å². The normalized spacial score (nSPS) is 19.3. The van der Waals surface area contributed by atoms with E-state index in [0.29, 0.717) is 37.1 Å². The first-order valence-electron chi connectivity index (χ1n) is 17.6. The van der Waals surface area contributed by atoms with Gasteiger partial charge in [0.05, 0.1) is 24.5 Å². The van der Waals surface area contributed by atoms with E-state index >= 15 is 0 Å². The molecule has 0 spiro atoms. The van der Waals surface area contributed by atoms with Crippen molar-refractivity contribution in [3.63, 3.8) is 0 Å². The summed E-state index contributed by atoms with van der Waals surface area (Å²) in [4.78, 5) is 34.3. The smallest absolute Gasteiger partial charge is 0.410 e. The summed E-state index contributed by atoms with van der Waals surface area (Å²) in [7, 11) is 3.17. The molecule has 0 bridgehead atoms. The molecule has 3 aliphatic rings. The van der Waals surface area contributed by atoms with Crippen LogP contribution in [-0.2, 0) is 14.3 Å². The van der Waals surface area contributed by atoms with Gasteiger partial charge in [-0.25, -0.2) is 4.79 Å². The summed E-state index contributed by atoms with van der Waals surface area (Å²) in [6, 6.07) is 5.02. The number of unbranched alkanes of at least 4 members (excludes halogenated alkanes) is 1. The van der Waals surface area contributed by atoms with E-state index in [1.54, 1.807) is 25.8 Å². The van der Waals surface area contributed by atoms with E-state index in [0.717, 1.165) is 55.2 Å². The number of carbonyl (C=O) groups excluding carboxylic acids is 2. The van der Waals surface area contributed by atoms with Crippen molar-refractivity contribution in [1.82, 2.24) is 25.8 Å². The van der Waals surface area contributed by atoms with Crippen LogP contribution in [-0.4, -0.2) is 92.8 Å². The van der Waals surface area contributed by atoms with E-state index in [1.807, 2.05) is 43.0 Å². The number of hydrogen-bond donors (Lipinski definition) is 3. The van der Waals surface area contributed by atoms with Crippen LogP contribution >= 0.6 is 11.6 Å². The first kappa shape index (κ1) is 39.8. The Morgan fingerprint density at radius 2 is 1.88 bits per heavy atom. The summed E-state index contributed by atoms with van der Waals surface area (Å²) in [5.41, 5.74) is 2.62. The van der Waals surface area contributed by atoms with Gasteiger partial charge in [-0.1, -0.05) is 63.6 Å². The second kappa shape index (κ2) is 20.2. The fourth-order valence-electron chi connectivity index (χ4n) is 6.37. The number of piperazine rings is 1. The lowest BCUT2D eigenvalue weighted by Gasteiger charge is -2.42. The molecule has 3 fully saturated rings. The molecule has 270 valence electrons. The predicted molar refractivity (Wildman–Crippen MR) is 201 cm³/mol. The van der Waals surface area contributed by atoms with Crippen LogP contribution in [0.2, 0.25) is 5.02 Å². The quantitative estimate of drug-likeness (QED) is 0.0918. The molecule has 0 radical (unpaired) electrons. The van der Waals surface area contributed by atoms with Gasteiger partial charge in [0.15, 0.2) is 0 Å². The Balaban J connectivity index is 0.00000319. The zero-order valence-electron chi connectivity index (χ0n) is 30.1. The first-order valence-corrected chi connectivity index (χ1v) is 18.0. The van der Waals surface area contributed by atoms with Gasteiger partial charge in [-0.15, -0.1) is 6.58 Å². The number of ether oxygens (including phenoxy) is 2. The van der Waals surface area contributed by atoms with Crippen LogP contribution in [0.1, 0.15) is 76.5 Å². The number of methoxy groups -OCH3 is 1. The monoisotopic (exact) mass is 696 g/mol. The minimum absolute atomic E-state index is 0.0729. The molecule has 1 aliphatic heterocycles. The van der Waals surface area contributed by atoms with E-state index < -0.39 is 6.04 Å². The average molecular weight is 697 g/mol. The standard InChI is InChI=1S/C36H51ClN6O4.C2H6/c1-6-9-10-28(32(15-18-39-25-38-4)41-33(44)24-46-5)30-23-27(37)13-14-29(30)34(31(7-2)40-8-3)42-19-21-43(22-20-42)35(45)47-36(16-17-36)26-11-12-26;1-2/h7-8,10,13-15,18,23,25-26,31-32,34,40H,2-3,6,9,11-12,16-17,19-22,24H2,1,4-5H3,(H,38,39)(H,41,44);1-2H3/b18-15+,28-10+;. The number of allylic oxidation sites excluding steroid dienone is 1. The third-order valence-corrected chi connectivity index (χ3v) is 9.27. The third kappa shape index (κ3) is 11.2. The van der Waals surface area contributed by atoms with Gasteiger partial charge in [0.25, 0.3) is 0 Å². The van der Waals surface area contributed by atoms with Crippen LogP contribution in [0.4, 0.5) is 4.79 Å². The topological polar surface area (TPSA) is 108 Å². The molecule has 3 atom stereocenters. The SMILES string of the molecule is C=CNC(C=C)C(c1ccc(Cl)cc1/C(=C\CCC)C(/C=C/NC=NC)NC(=O)COC)N1CCN(C(=O)OC2(C3CC3)CC2)CC1.CC. The van der Waals surface area contributed by atoms with E-state index in [9.17, 15) is 9.59 Å². The molecular formula is C38H57ClN6O4. The molecule has 1 heterocycles. The van der Waals surface area contributed by atoms with Gasteiger partial charge in [-0.05, 0) is 79.1 Å². The number of halogens is 1. The third-order valence-electron chi connectivity index (χ3n) is 9.04. The second-order valence-corrected chi connectivity index (χ2v) is 12.8. The molecule has 2 amide bonds. The van der Waals surface area contributed by atoms with Crippen molar-refractivity contribution >= 4 is 35.5 Å². The van der Waals surface area contributed by atoms with Crippen molar-refractivity contribution in [2.24, 2.45) is 10.9 Å². The van der Waals surface area contributed by atoms with Crippen LogP contribution in [0, 0.1) is 5.92 Å². The second-order valence-electron chi connectivity index (χ2n) is 12.4. The first-order chi connectivity index (χ1) is 23.8. The minimum atomic E-state index is -0.498. The summed E-state index contributed by atoms with van der Waals surface area (Å²) in [5, 5.41) is 10.1. The molecule has 1 saturated heterocycles. The average Bonchev–Trinajstić information content (AvgIpc) is 4.05. The molecule has 2 aliphatic carbocycles. The molecule has 11 heteroatoms. The Morgan fingerprint density at radius 3 is 2.45 bits per heavy atom. The number of nitrogens with one attached hydrogen (secondary N) is 3. The summed E-state index contributed by atoms with van der Waals surface area (Å²) in [5.74, 6) is 0.297. The minimum Gasteiger partial charge on any atom is -0.442 e. The van der Waals surface area contributed by atoms with Gasteiger partial charge in [0.1, 0.15) is 12.2 Å². The number of carbonyl (C=O) groups is 2. The Bertz CT molecular complexity index is 1330. The predicted octanol–water partition coefficient (Wildman–Crippen LogP) is 6.47. The Labute approximate surface area is 298 Å². The van der Waals surface area contributed by atoms with E-state index in [1.165, 1.54) is 7.11 Å². The summed E-state index contributed by atoms with van der Waals surface area (Å²) in [6.45, 7) is 16.5. The number of aliphatic imine (C=N–C) groups is 1. The number of benzene rings is 1. The molecule has 1 aromatic carbocycles. The molecule has 1 aromatic rings. The van der Waals surface area contributed by atoms with Crippen LogP contribution in [0.3, 0.4) is 0 Å². The molecule has 3 N–H and O–H groups in total. The molecule has 10 nitrogen and oxygen atoms in total. The van der Waals surface area contributed by atoms with E-state index in [2.05, 4.69) is 58.1 Å². The lowest BCUT2D eigenvalue weighted by atomic mass is 9.86. The highest BCUT2D eigenvalue weighted by atomic mass is 35.5. The highest BCUT2D eigenvalue weighted by Gasteiger charge is 2.58. The van der Waals surface area contributed by atoms with E-state index in [4.69, 9.17) is 21.1 Å². The van der Waals surface area contributed by atoms with Crippen molar-refractivity contribution in [3.8, 4) is 0 Å². The van der Waals surface area contributed by atoms with Crippen molar-refractivity contribution < 1.29 is 19.1 Å². The fourth-order valence-corrected chi connectivity index (χ4v) is 6.55. The molecule has 49 heavy (non-hydrogen) atoms. The number of hydrogen-bond acceptors (Lipinski definition) is 7. The molecular weight excluding hydrogens is 640 g/mol. The zero-order chi connectivity index (χ0) is 35.8. The van der Waals surface area contributed by atoms with Crippen molar-refractivity contribution in [3.05, 3.63) is 78.1 Å². The Kier molecular flexibility index (Phi) is 16.4. The van der Waals surface area contributed by atoms with Crippen molar-refractivity contribution in [1.29, 1.82) is 0 Å². The zero-order valence-corrected chi connectivity index (χ0v) is 30.8. The van der Waals surface area contributed by atoms with E-state index in [-0.39, 0.29) is 36.3 Å². The summed E-state index contributed by atoms with van der Waals surface area (Å²) in [6.07, 6.45) is 16.7. The largest absolute Gasteiger partial charge is 0.442 e. The van der Waals surface area contributed by atoms with Gasteiger partial charge in [0, 0.05) is 51.6 Å². The van der Waals surface area contributed by atoms with Gasteiger partial charge in [0.2, 0.25) is 5.91 Å². The highest BCUT2D eigenvalue weighted by Crippen LogP contribution is 2.56. The van der Waals surface area contributed by atoms with Gasteiger partial charge in [-0.2, -0.15) is 0 Å². The Hall–Kier alpha value is -3.60. The fraction of sp³-hybridized carbons (Fsp3) is 0.553. The molecule has 0 aromatic heterocycles. The molecule has 4 rings (SSSR count). The Morgan fingerprint density at radius 1 is 1.16 bits per heavy atom. The lowest BCUT2D eigenvalue weighted by Crippen LogP contribution is -2.53. The van der Waals surface area contributed by atoms with Crippen LogP contribution in [0.5, 0.6) is 0 Å². The van der Waals surface area contributed by atoms with Crippen molar-refractivity contribution in [2.75, 3.05) is 46.9 Å². The number of nitrogens with zero attached hydrogens (tertiary/aromatic N) is 3. The number of rotatable bonds is 18. The highest BCUT2D eigenvalue weighted by molar-refractivity contribution is 6.30. The maximum atomic E-state index is 13.2. The number of amides is 2. The van der Waals surface area contributed by atoms with Gasteiger partial charge < -0.3 is 30.3 Å². The molecule has 2 saturated carbocycles. The summed E-state index contributed by atoms with van der Waals surface area (Å²) < 4.78 is 11.2.